The maximum absolute atomic E-state index is 13.8. The number of Topliss-reactive ketones (excluding diaryl/α,β-unsaturated/α-hetero) is 1. The van der Waals surface area contributed by atoms with Crippen molar-refractivity contribution < 1.29 is 24.3 Å². The molecule has 2 aromatic carbocycles. The molecule has 0 bridgehead atoms. The zero-order chi connectivity index (χ0) is 25.3. The van der Waals surface area contributed by atoms with Crippen LogP contribution in [0.4, 0.5) is 5.69 Å². The molecular weight excluding hydrogens is 569 g/mol. The van der Waals surface area contributed by atoms with Crippen LogP contribution >= 0.6 is 22.6 Å². The van der Waals surface area contributed by atoms with Crippen molar-refractivity contribution in [1.29, 1.82) is 0 Å². The van der Waals surface area contributed by atoms with E-state index in [1.165, 1.54) is 11.0 Å². The fourth-order valence-corrected chi connectivity index (χ4v) is 6.65. The Labute approximate surface area is 221 Å². The molecule has 2 aromatic rings. The number of phenols is 1. The lowest BCUT2D eigenvalue weighted by molar-refractivity contribution is -0.123. The first kappa shape index (κ1) is 23.1. The van der Waals surface area contributed by atoms with Gasteiger partial charge in [0.25, 0.3) is 0 Å². The van der Waals surface area contributed by atoms with Crippen LogP contribution in [0.25, 0.3) is 0 Å². The maximum Gasteiger partial charge on any atom is 0.238 e. The molecule has 1 fully saturated rings. The number of benzene rings is 2. The third-order valence-corrected chi connectivity index (χ3v) is 8.57. The lowest BCUT2D eigenvalue weighted by Crippen LogP contribution is -2.39. The number of phenolic OH excluding ortho intramolecular Hbond substituents is 1. The van der Waals surface area contributed by atoms with Crippen molar-refractivity contribution in [2.45, 2.75) is 25.7 Å². The Bertz CT molecular complexity index is 1460. The minimum absolute atomic E-state index is 0.0601. The number of carbonyl (C=O) groups excluding carboxylic acids is 4. The van der Waals surface area contributed by atoms with Crippen molar-refractivity contribution in [2.24, 2.45) is 17.8 Å². The van der Waals surface area contributed by atoms with Crippen molar-refractivity contribution in [3.63, 3.8) is 0 Å². The van der Waals surface area contributed by atoms with Crippen LogP contribution in [0.5, 0.6) is 5.75 Å². The van der Waals surface area contributed by atoms with Gasteiger partial charge >= 0.3 is 0 Å². The highest BCUT2D eigenvalue weighted by Gasteiger charge is 2.56. The van der Waals surface area contributed by atoms with Crippen molar-refractivity contribution in [3.8, 4) is 5.75 Å². The molecule has 1 aliphatic heterocycles. The smallest absolute Gasteiger partial charge is 0.238 e. The number of nitrogens with zero attached hydrogens (tertiary/aromatic N) is 1. The number of fused-ring (bicyclic) bond motifs is 3. The minimum atomic E-state index is -0.611. The number of hydrogen-bond donors (Lipinski definition) is 1. The quantitative estimate of drug-likeness (QED) is 0.238. The van der Waals surface area contributed by atoms with E-state index in [1.54, 1.807) is 37.3 Å². The average Bonchev–Trinajstić information content (AvgIpc) is 3.12. The number of allylic oxidation sites excluding steroid dienone is 6. The molecule has 3 aliphatic carbocycles. The van der Waals surface area contributed by atoms with E-state index >= 15 is 0 Å². The van der Waals surface area contributed by atoms with Crippen molar-refractivity contribution >= 4 is 51.7 Å². The molecule has 2 amide bonds. The SMILES string of the molecule is CC1=CC(=O)C2=C(C1=O)[C@@H](c1cccc(O)c1)C1=CC[C@@H]3C(=O)N(c4ccc(I)cc4)C(=O)[C@@H]3[C@@H]1C2. The van der Waals surface area contributed by atoms with Crippen LogP contribution in [0.3, 0.4) is 0 Å². The van der Waals surface area contributed by atoms with Crippen LogP contribution in [0.15, 0.2) is 83.0 Å². The third-order valence-electron chi connectivity index (χ3n) is 7.85. The van der Waals surface area contributed by atoms with E-state index in [-0.39, 0.29) is 41.5 Å². The Morgan fingerprint density at radius 2 is 1.72 bits per heavy atom. The first-order valence-corrected chi connectivity index (χ1v) is 13.0. The molecule has 0 radical (unpaired) electrons. The van der Waals surface area contributed by atoms with Crippen LogP contribution < -0.4 is 4.90 Å². The standard InChI is InChI=1S/C29H22INO5/c1-14-11-23(33)22-13-21-19(24(26(22)27(14)34)15-3-2-4-18(32)12-15)9-10-20-25(21)29(36)31(28(20)35)17-7-5-16(30)6-8-17/h2-9,11-12,20-21,24-25,32H,10,13H2,1H3/t20-,21+,24-,25-/m0/s1. The van der Waals surface area contributed by atoms with E-state index in [0.29, 0.717) is 34.4 Å². The summed E-state index contributed by atoms with van der Waals surface area (Å²) in [4.78, 5) is 55.0. The van der Waals surface area contributed by atoms with Gasteiger partial charge in [0.2, 0.25) is 11.8 Å². The number of carbonyl (C=O) groups is 4. The van der Waals surface area contributed by atoms with Gasteiger partial charge in [-0.3, -0.25) is 24.1 Å². The van der Waals surface area contributed by atoms with Gasteiger partial charge in [0.1, 0.15) is 5.75 Å². The topological polar surface area (TPSA) is 91.8 Å². The van der Waals surface area contributed by atoms with Crippen LogP contribution in [0, 0.1) is 21.3 Å². The molecule has 180 valence electrons. The van der Waals surface area contributed by atoms with Crippen molar-refractivity contribution in [2.75, 3.05) is 4.90 Å². The average molecular weight is 591 g/mol. The summed E-state index contributed by atoms with van der Waals surface area (Å²) in [6.07, 6.45) is 3.98. The molecule has 1 saturated heterocycles. The molecule has 0 unspecified atom stereocenters. The van der Waals surface area contributed by atoms with Crippen molar-refractivity contribution in [3.05, 3.63) is 92.1 Å². The van der Waals surface area contributed by atoms with E-state index < -0.39 is 17.8 Å². The monoisotopic (exact) mass is 591 g/mol. The van der Waals surface area contributed by atoms with E-state index in [2.05, 4.69) is 22.6 Å². The number of imide groups is 1. The van der Waals surface area contributed by atoms with E-state index in [9.17, 15) is 24.3 Å². The van der Waals surface area contributed by atoms with Gasteiger partial charge < -0.3 is 5.11 Å². The molecule has 0 aromatic heterocycles. The minimum Gasteiger partial charge on any atom is -0.508 e. The molecule has 1 N–H and O–H groups in total. The van der Waals surface area contributed by atoms with Gasteiger partial charge in [0.05, 0.1) is 17.5 Å². The molecule has 4 aliphatic rings. The predicted molar refractivity (Wildman–Crippen MR) is 141 cm³/mol. The summed E-state index contributed by atoms with van der Waals surface area (Å²) in [5.41, 5.74) is 3.34. The Morgan fingerprint density at radius 3 is 2.44 bits per heavy atom. The summed E-state index contributed by atoms with van der Waals surface area (Å²) in [6, 6.07) is 14.0. The first-order chi connectivity index (χ1) is 17.3. The zero-order valence-electron chi connectivity index (χ0n) is 19.4. The lowest BCUT2D eigenvalue weighted by atomic mass is 9.59. The van der Waals surface area contributed by atoms with Gasteiger partial charge in [0, 0.05) is 26.2 Å². The largest absolute Gasteiger partial charge is 0.508 e. The van der Waals surface area contributed by atoms with E-state index in [0.717, 1.165) is 9.14 Å². The van der Waals surface area contributed by atoms with Gasteiger partial charge in [0.15, 0.2) is 11.6 Å². The van der Waals surface area contributed by atoms with Gasteiger partial charge in [-0.1, -0.05) is 23.8 Å². The number of amides is 2. The second-order valence-electron chi connectivity index (χ2n) is 9.81. The number of halogens is 1. The summed E-state index contributed by atoms with van der Waals surface area (Å²) in [6.45, 7) is 1.64. The maximum atomic E-state index is 13.8. The second kappa shape index (κ2) is 8.37. The fourth-order valence-electron chi connectivity index (χ4n) is 6.29. The molecule has 4 atom stereocenters. The number of hydrogen-bond acceptors (Lipinski definition) is 5. The van der Waals surface area contributed by atoms with E-state index in [4.69, 9.17) is 0 Å². The van der Waals surface area contributed by atoms with E-state index in [1.807, 2.05) is 24.3 Å². The van der Waals surface area contributed by atoms with Gasteiger partial charge in [-0.05, 0) is 96.3 Å². The van der Waals surface area contributed by atoms with Crippen molar-refractivity contribution in [1.82, 2.24) is 0 Å². The number of ketones is 2. The van der Waals surface area contributed by atoms with Crippen LogP contribution in [-0.2, 0) is 19.2 Å². The highest BCUT2D eigenvalue weighted by atomic mass is 127. The predicted octanol–water partition coefficient (Wildman–Crippen LogP) is 4.63. The number of anilines is 1. The second-order valence-corrected chi connectivity index (χ2v) is 11.1. The molecule has 1 heterocycles. The Morgan fingerprint density at radius 1 is 0.972 bits per heavy atom. The van der Waals surface area contributed by atoms with Crippen LogP contribution in [0.2, 0.25) is 0 Å². The fraction of sp³-hybridized carbons (Fsp3) is 0.241. The molecule has 0 saturated carbocycles. The number of rotatable bonds is 2. The van der Waals surface area contributed by atoms with Crippen LogP contribution in [0.1, 0.15) is 31.2 Å². The molecule has 6 rings (SSSR count). The summed E-state index contributed by atoms with van der Waals surface area (Å²) < 4.78 is 1.00. The van der Waals surface area contributed by atoms with Gasteiger partial charge in [-0.2, -0.15) is 0 Å². The normalized spacial score (nSPS) is 27.4. The summed E-state index contributed by atoms with van der Waals surface area (Å²) >= 11 is 2.18. The molecule has 0 spiro atoms. The highest BCUT2D eigenvalue weighted by molar-refractivity contribution is 14.1. The lowest BCUT2D eigenvalue weighted by Gasteiger charge is -2.42. The first-order valence-electron chi connectivity index (χ1n) is 11.9. The molecule has 36 heavy (non-hydrogen) atoms. The Hall–Kier alpha value is -3.33. The van der Waals surface area contributed by atoms with Gasteiger partial charge in [-0.25, -0.2) is 0 Å². The van der Waals surface area contributed by atoms with Gasteiger partial charge in [-0.15, -0.1) is 0 Å². The number of aromatic hydroxyl groups is 1. The Balaban J connectivity index is 1.48. The molecular formula is C29H22INO5. The summed E-state index contributed by atoms with van der Waals surface area (Å²) in [5.74, 6) is -2.90. The highest BCUT2D eigenvalue weighted by Crippen LogP contribution is 2.55. The zero-order valence-corrected chi connectivity index (χ0v) is 21.6. The summed E-state index contributed by atoms with van der Waals surface area (Å²) in [7, 11) is 0. The summed E-state index contributed by atoms with van der Waals surface area (Å²) in [5, 5.41) is 10.2. The third kappa shape index (κ3) is 3.36. The molecule has 7 heteroatoms. The molecule has 6 nitrogen and oxygen atoms in total. The van der Waals surface area contributed by atoms with Crippen LogP contribution in [-0.4, -0.2) is 28.5 Å². The Kier molecular flexibility index (Phi) is 5.37.